The van der Waals surface area contributed by atoms with E-state index >= 15 is 0 Å². The molecule has 0 aromatic carbocycles. The molecule has 0 bridgehead atoms. The zero-order chi connectivity index (χ0) is 13.1. The molecule has 0 unspecified atom stereocenters. The molecule has 0 spiro atoms. The van der Waals surface area contributed by atoms with Crippen LogP contribution in [0.25, 0.3) is 0 Å². The van der Waals surface area contributed by atoms with Gasteiger partial charge in [-0.15, -0.1) is 0 Å². The molecule has 0 aromatic rings. The lowest BCUT2D eigenvalue weighted by atomic mass is 9.66. The summed E-state index contributed by atoms with van der Waals surface area (Å²) in [7, 11) is 1.58. The second kappa shape index (κ2) is 5.25. The molecule has 0 heterocycles. The molecule has 1 fully saturated rings. The zero-order valence-corrected chi connectivity index (χ0v) is 11.4. The number of aliphatic hydroxyl groups is 1. The van der Waals surface area contributed by atoms with E-state index in [2.05, 4.69) is 26.1 Å². The Balaban J connectivity index is 2.79. The van der Waals surface area contributed by atoms with Gasteiger partial charge in [-0.05, 0) is 31.6 Å². The number of alkyl carbamates (subject to hydrolysis) is 1. The molecule has 4 heteroatoms. The summed E-state index contributed by atoms with van der Waals surface area (Å²) in [6.07, 6.45) is 3.14. The fourth-order valence-corrected chi connectivity index (χ4v) is 2.56. The van der Waals surface area contributed by atoms with Crippen LogP contribution in [0.3, 0.4) is 0 Å². The van der Waals surface area contributed by atoms with E-state index in [1.165, 1.54) is 0 Å². The molecule has 2 N–H and O–H groups in total. The van der Waals surface area contributed by atoms with Crippen LogP contribution in [0.15, 0.2) is 0 Å². The Bertz CT molecular complexity index is 262. The van der Waals surface area contributed by atoms with Crippen molar-refractivity contribution in [1.29, 1.82) is 0 Å². The lowest BCUT2D eigenvalue weighted by molar-refractivity contribution is -0.102. The molecule has 100 valence electrons. The van der Waals surface area contributed by atoms with Gasteiger partial charge in [0, 0.05) is 19.1 Å². The maximum Gasteiger partial charge on any atom is 0.407 e. The fourth-order valence-electron chi connectivity index (χ4n) is 2.56. The molecule has 1 aliphatic rings. The Morgan fingerprint density at radius 3 is 2.29 bits per heavy atom. The number of ether oxygens (including phenoxy) is 1. The number of carbonyl (C=O) groups is 1. The Labute approximate surface area is 104 Å². The van der Waals surface area contributed by atoms with Gasteiger partial charge < -0.3 is 15.2 Å². The standard InChI is InChI=1S/C13H25NO3/c1-12(2,3)13(17-11(16)14-4)7-5-10(9-15)6-8-13/h10,15H,5-9H2,1-4H3,(H,14,16). The average molecular weight is 243 g/mol. The molecule has 4 nitrogen and oxygen atoms in total. The third-order valence-corrected chi connectivity index (χ3v) is 4.03. The first-order valence-corrected chi connectivity index (χ1v) is 6.36. The van der Waals surface area contributed by atoms with Gasteiger partial charge in [-0.3, -0.25) is 0 Å². The van der Waals surface area contributed by atoms with Crippen LogP contribution in [0, 0.1) is 11.3 Å². The van der Waals surface area contributed by atoms with E-state index in [1.807, 2.05) is 0 Å². The molecule has 0 atom stereocenters. The van der Waals surface area contributed by atoms with Gasteiger partial charge in [-0.2, -0.15) is 0 Å². The normalized spacial score (nSPS) is 29.8. The summed E-state index contributed by atoms with van der Waals surface area (Å²) in [5.41, 5.74) is -0.487. The van der Waals surface area contributed by atoms with Gasteiger partial charge in [0.25, 0.3) is 0 Å². The van der Waals surface area contributed by atoms with Crippen molar-refractivity contribution in [2.24, 2.45) is 11.3 Å². The molecular weight excluding hydrogens is 218 g/mol. The van der Waals surface area contributed by atoms with E-state index in [4.69, 9.17) is 4.74 Å². The van der Waals surface area contributed by atoms with E-state index in [1.54, 1.807) is 7.05 Å². The topological polar surface area (TPSA) is 58.6 Å². The van der Waals surface area contributed by atoms with Crippen LogP contribution in [-0.2, 0) is 4.74 Å². The molecule has 0 saturated heterocycles. The minimum atomic E-state index is -0.404. The van der Waals surface area contributed by atoms with E-state index in [0.717, 1.165) is 25.7 Å². The van der Waals surface area contributed by atoms with Crippen molar-refractivity contribution >= 4 is 6.09 Å². The summed E-state index contributed by atoms with van der Waals surface area (Å²) in [6, 6.07) is 0. The van der Waals surface area contributed by atoms with Crippen LogP contribution in [-0.4, -0.2) is 30.5 Å². The maximum atomic E-state index is 11.5. The third kappa shape index (κ3) is 3.12. The summed E-state index contributed by atoms with van der Waals surface area (Å²) in [5.74, 6) is 0.360. The molecule has 1 aliphatic carbocycles. The van der Waals surface area contributed by atoms with E-state index in [9.17, 15) is 9.90 Å². The third-order valence-electron chi connectivity index (χ3n) is 4.03. The second-order valence-corrected chi connectivity index (χ2v) is 6.01. The smallest absolute Gasteiger partial charge is 0.407 e. The minimum Gasteiger partial charge on any atom is -0.442 e. The number of amides is 1. The number of aliphatic hydroxyl groups excluding tert-OH is 1. The first-order chi connectivity index (χ1) is 7.84. The predicted octanol–water partition coefficient (Wildman–Crippen LogP) is 2.31. The van der Waals surface area contributed by atoms with Crippen LogP contribution in [0.4, 0.5) is 4.79 Å². The second-order valence-electron chi connectivity index (χ2n) is 6.01. The number of rotatable bonds is 2. The van der Waals surface area contributed by atoms with Crippen LogP contribution < -0.4 is 5.32 Å². The average Bonchev–Trinajstić information content (AvgIpc) is 2.28. The van der Waals surface area contributed by atoms with Crippen LogP contribution in [0.2, 0.25) is 0 Å². The first kappa shape index (κ1) is 14.3. The highest BCUT2D eigenvalue weighted by molar-refractivity contribution is 5.67. The van der Waals surface area contributed by atoms with Gasteiger partial charge in [-0.1, -0.05) is 20.8 Å². The Morgan fingerprint density at radius 1 is 1.41 bits per heavy atom. The Hall–Kier alpha value is -0.770. The Morgan fingerprint density at radius 2 is 1.94 bits per heavy atom. The van der Waals surface area contributed by atoms with Gasteiger partial charge in [-0.25, -0.2) is 4.79 Å². The van der Waals surface area contributed by atoms with Crippen molar-refractivity contribution < 1.29 is 14.6 Å². The van der Waals surface area contributed by atoms with Gasteiger partial charge in [0.2, 0.25) is 0 Å². The minimum absolute atomic E-state index is 0.0834. The molecule has 0 aliphatic heterocycles. The maximum absolute atomic E-state index is 11.5. The SMILES string of the molecule is CNC(=O)OC1(C(C)(C)C)CCC(CO)CC1. The lowest BCUT2D eigenvalue weighted by Crippen LogP contribution is -2.51. The van der Waals surface area contributed by atoms with E-state index < -0.39 is 5.60 Å². The van der Waals surface area contributed by atoms with Crippen molar-refractivity contribution in [2.75, 3.05) is 13.7 Å². The Kier molecular flexibility index (Phi) is 4.42. The van der Waals surface area contributed by atoms with Crippen LogP contribution in [0.1, 0.15) is 46.5 Å². The molecule has 17 heavy (non-hydrogen) atoms. The van der Waals surface area contributed by atoms with Gasteiger partial charge in [0.05, 0.1) is 0 Å². The molecule has 0 radical (unpaired) electrons. The molecule has 1 amide bonds. The highest BCUT2D eigenvalue weighted by Crippen LogP contribution is 2.46. The van der Waals surface area contributed by atoms with Crippen LogP contribution in [0.5, 0.6) is 0 Å². The van der Waals surface area contributed by atoms with Crippen molar-refractivity contribution in [1.82, 2.24) is 5.32 Å². The fraction of sp³-hybridized carbons (Fsp3) is 0.923. The monoisotopic (exact) mass is 243 g/mol. The highest BCUT2D eigenvalue weighted by atomic mass is 16.6. The van der Waals surface area contributed by atoms with Crippen molar-refractivity contribution in [3.8, 4) is 0 Å². The summed E-state index contributed by atoms with van der Waals surface area (Å²) in [4.78, 5) is 11.5. The number of carbonyl (C=O) groups excluding carboxylic acids is 1. The molecule has 1 saturated carbocycles. The van der Waals surface area contributed by atoms with Gasteiger partial charge >= 0.3 is 6.09 Å². The highest BCUT2D eigenvalue weighted by Gasteiger charge is 2.47. The first-order valence-electron chi connectivity index (χ1n) is 6.36. The van der Waals surface area contributed by atoms with Crippen molar-refractivity contribution in [3.05, 3.63) is 0 Å². The summed E-state index contributed by atoms with van der Waals surface area (Å²) in [6.45, 7) is 6.56. The van der Waals surface area contributed by atoms with Crippen LogP contribution >= 0.6 is 0 Å². The van der Waals surface area contributed by atoms with Crippen molar-refractivity contribution in [2.45, 2.75) is 52.1 Å². The quantitative estimate of drug-likeness (QED) is 0.782. The summed E-state index contributed by atoms with van der Waals surface area (Å²) in [5, 5.41) is 11.7. The largest absolute Gasteiger partial charge is 0.442 e. The molecule has 1 rings (SSSR count). The number of nitrogens with one attached hydrogen (secondary N) is 1. The molecule has 0 aromatic heterocycles. The number of hydrogen-bond acceptors (Lipinski definition) is 3. The summed E-state index contributed by atoms with van der Waals surface area (Å²) < 4.78 is 5.65. The predicted molar refractivity (Wildman–Crippen MR) is 66.8 cm³/mol. The van der Waals surface area contributed by atoms with Crippen molar-refractivity contribution in [3.63, 3.8) is 0 Å². The number of hydrogen-bond donors (Lipinski definition) is 2. The lowest BCUT2D eigenvalue weighted by Gasteiger charge is -2.47. The zero-order valence-electron chi connectivity index (χ0n) is 11.4. The van der Waals surface area contributed by atoms with Gasteiger partial charge in [0.1, 0.15) is 5.60 Å². The van der Waals surface area contributed by atoms with E-state index in [0.29, 0.717) is 5.92 Å². The van der Waals surface area contributed by atoms with Gasteiger partial charge in [0.15, 0.2) is 0 Å². The molecular formula is C13H25NO3. The van der Waals surface area contributed by atoms with E-state index in [-0.39, 0.29) is 18.1 Å². The summed E-state index contributed by atoms with van der Waals surface area (Å²) >= 11 is 0.